The number of carboxylic acids is 1. The first-order valence-electron chi connectivity index (χ1n) is 11.1. The minimum absolute atomic E-state index is 0.0125. The van der Waals surface area contributed by atoms with Gasteiger partial charge in [0.15, 0.2) is 0 Å². The Hall–Kier alpha value is -3.09. The van der Waals surface area contributed by atoms with Gasteiger partial charge in [0, 0.05) is 18.1 Å². The van der Waals surface area contributed by atoms with Crippen LogP contribution in [0, 0.1) is 18.3 Å². The molecule has 0 radical (unpaired) electrons. The lowest BCUT2D eigenvalue weighted by molar-refractivity contribution is -0.175. The molecule has 0 bridgehead atoms. The van der Waals surface area contributed by atoms with Crippen molar-refractivity contribution in [3.8, 4) is 10.4 Å². The smallest absolute Gasteiger partial charge is 0.433 e. The first kappa shape index (κ1) is 26.0. The van der Waals surface area contributed by atoms with Gasteiger partial charge in [0.25, 0.3) is 0 Å². The summed E-state index contributed by atoms with van der Waals surface area (Å²) in [7, 11) is 0. The number of aryl methyl sites for hydroxylation is 1. The molecule has 1 aliphatic carbocycles. The SMILES string of the molecule is Cc1cc(Nc2nccc(C(F)(F)F)n2)cc(-c2cnc(C3(O)CC(C)(C)[C@@H](C(=O)O)CC3O)s2)c1. The Morgan fingerprint density at radius 2 is 1.94 bits per heavy atom. The fourth-order valence-corrected chi connectivity index (χ4v) is 5.68. The Bertz CT molecular complexity index is 1300. The molecule has 36 heavy (non-hydrogen) atoms. The zero-order valence-corrected chi connectivity index (χ0v) is 20.5. The van der Waals surface area contributed by atoms with Crippen LogP contribution in [0.15, 0.2) is 36.7 Å². The third-order valence-electron chi connectivity index (χ3n) is 6.42. The molecule has 12 heteroatoms. The number of aliphatic carboxylic acids is 1. The topological polar surface area (TPSA) is 128 Å². The van der Waals surface area contributed by atoms with Crippen molar-refractivity contribution in [1.29, 1.82) is 0 Å². The Balaban J connectivity index is 1.62. The average Bonchev–Trinajstić information content (AvgIpc) is 3.26. The summed E-state index contributed by atoms with van der Waals surface area (Å²) in [4.78, 5) is 24.0. The number of hydrogen-bond acceptors (Lipinski definition) is 8. The Kier molecular flexibility index (Phi) is 6.56. The number of nitrogens with zero attached hydrogens (tertiary/aromatic N) is 3. The molecule has 1 fully saturated rings. The summed E-state index contributed by atoms with van der Waals surface area (Å²) >= 11 is 1.16. The van der Waals surface area contributed by atoms with E-state index in [4.69, 9.17) is 0 Å². The predicted octanol–water partition coefficient (Wildman–Crippen LogP) is 4.74. The normalized spacial score (nSPS) is 23.9. The summed E-state index contributed by atoms with van der Waals surface area (Å²) in [5.74, 6) is -2.04. The molecule has 0 aliphatic heterocycles. The maximum Gasteiger partial charge on any atom is 0.433 e. The molecule has 192 valence electrons. The summed E-state index contributed by atoms with van der Waals surface area (Å²) in [5, 5.41) is 34.7. The van der Waals surface area contributed by atoms with Crippen molar-refractivity contribution >= 4 is 28.9 Å². The fourth-order valence-electron chi connectivity index (χ4n) is 4.64. The van der Waals surface area contributed by atoms with Gasteiger partial charge in [0.1, 0.15) is 16.3 Å². The highest BCUT2D eigenvalue weighted by Gasteiger charge is 2.54. The van der Waals surface area contributed by atoms with Crippen LogP contribution >= 0.6 is 11.3 Å². The molecule has 0 saturated heterocycles. The van der Waals surface area contributed by atoms with Crippen LogP contribution in [-0.4, -0.2) is 42.3 Å². The molecule has 4 rings (SSSR count). The van der Waals surface area contributed by atoms with Crippen LogP contribution < -0.4 is 5.32 Å². The number of carboxylic acid groups (broad SMARTS) is 1. The molecule has 1 aromatic carbocycles. The van der Waals surface area contributed by atoms with E-state index >= 15 is 0 Å². The number of aromatic nitrogens is 3. The van der Waals surface area contributed by atoms with E-state index in [0.717, 1.165) is 29.2 Å². The van der Waals surface area contributed by atoms with Crippen LogP contribution in [0.1, 0.15) is 43.0 Å². The first-order chi connectivity index (χ1) is 16.7. The summed E-state index contributed by atoms with van der Waals surface area (Å²) in [6.45, 7) is 5.30. The largest absolute Gasteiger partial charge is 0.481 e. The molecule has 2 heterocycles. The van der Waals surface area contributed by atoms with Crippen LogP contribution in [0.3, 0.4) is 0 Å². The second-order valence-corrected chi connectivity index (χ2v) is 10.8. The third kappa shape index (κ3) is 5.06. The van der Waals surface area contributed by atoms with Gasteiger partial charge in [-0.05, 0) is 54.5 Å². The Labute approximate surface area is 208 Å². The van der Waals surface area contributed by atoms with E-state index in [0.29, 0.717) is 16.1 Å². The Morgan fingerprint density at radius 3 is 2.61 bits per heavy atom. The number of halogens is 3. The molecule has 3 atom stereocenters. The molecule has 0 amide bonds. The molecule has 2 unspecified atom stereocenters. The van der Waals surface area contributed by atoms with E-state index in [2.05, 4.69) is 20.3 Å². The number of aliphatic hydroxyl groups excluding tert-OH is 1. The molecule has 8 nitrogen and oxygen atoms in total. The van der Waals surface area contributed by atoms with E-state index < -0.39 is 40.9 Å². The van der Waals surface area contributed by atoms with Gasteiger partial charge in [0.05, 0.1) is 16.9 Å². The average molecular weight is 523 g/mol. The first-order valence-corrected chi connectivity index (χ1v) is 11.9. The predicted molar refractivity (Wildman–Crippen MR) is 127 cm³/mol. The van der Waals surface area contributed by atoms with E-state index in [-0.39, 0.29) is 23.8 Å². The molecule has 3 aromatic rings. The van der Waals surface area contributed by atoms with Crippen LogP contribution in [-0.2, 0) is 16.6 Å². The third-order valence-corrected chi connectivity index (χ3v) is 7.63. The van der Waals surface area contributed by atoms with E-state index in [1.54, 1.807) is 32.2 Å². The number of anilines is 2. The summed E-state index contributed by atoms with van der Waals surface area (Å²) in [6, 6.07) is 6.05. The highest BCUT2D eigenvalue weighted by molar-refractivity contribution is 7.15. The maximum atomic E-state index is 13.0. The van der Waals surface area contributed by atoms with Crippen molar-refractivity contribution in [2.75, 3.05) is 5.32 Å². The summed E-state index contributed by atoms with van der Waals surface area (Å²) in [5.41, 5.74) is -1.61. The van der Waals surface area contributed by atoms with Crippen molar-refractivity contribution in [1.82, 2.24) is 15.0 Å². The number of benzene rings is 1. The Morgan fingerprint density at radius 1 is 1.22 bits per heavy atom. The maximum absolute atomic E-state index is 13.0. The molecule has 0 spiro atoms. The van der Waals surface area contributed by atoms with Gasteiger partial charge in [-0.1, -0.05) is 19.9 Å². The minimum Gasteiger partial charge on any atom is -0.481 e. The second kappa shape index (κ2) is 9.09. The number of rotatable bonds is 5. The van der Waals surface area contributed by atoms with Crippen molar-refractivity contribution in [2.45, 2.75) is 51.5 Å². The molecule has 1 saturated carbocycles. The van der Waals surface area contributed by atoms with Crippen molar-refractivity contribution < 1.29 is 33.3 Å². The van der Waals surface area contributed by atoms with E-state index in [1.165, 1.54) is 0 Å². The van der Waals surface area contributed by atoms with E-state index in [1.807, 2.05) is 13.0 Å². The van der Waals surface area contributed by atoms with Gasteiger partial charge in [0.2, 0.25) is 5.95 Å². The van der Waals surface area contributed by atoms with Gasteiger partial charge in [-0.2, -0.15) is 13.2 Å². The fraction of sp³-hybridized carbons (Fsp3) is 0.417. The second-order valence-electron chi connectivity index (χ2n) is 9.74. The van der Waals surface area contributed by atoms with Gasteiger partial charge >= 0.3 is 12.1 Å². The monoisotopic (exact) mass is 522 g/mol. The highest BCUT2D eigenvalue weighted by atomic mass is 32.1. The highest BCUT2D eigenvalue weighted by Crippen LogP contribution is 2.51. The van der Waals surface area contributed by atoms with Crippen LogP contribution in [0.2, 0.25) is 0 Å². The molecular formula is C24H25F3N4O4S. The number of thiazole rings is 1. The summed E-state index contributed by atoms with van der Waals surface area (Å²) < 4.78 is 39.0. The molecular weight excluding hydrogens is 497 g/mol. The van der Waals surface area contributed by atoms with Crippen molar-refractivity contribution in [3.05, 3.63) is 52.9 Å². The zero-order valence-electron chi connectivity index (χ0n) is 19.7. The minimum atomic E-state index is -4.60. The van der Waals surface area contributed by atoms with Crippen LogP contribution in [0.25, 0.3) is 10.4 Å². The standard InChI is InChI=1S/C24H25F3N4O4S/c1-12-6-13(8-14(7-12)30-21-28-5-4-17(31-21)24(25,26)27)16-10-29-20(36-16)23(35)11-22(2,3)15(19(33)34)9-18(23)32/h4-8,10,15,18,32,35H,9,11H2,1-3H3,(H,33,34)(H,28,30,31)/t15-,18?,23?/m1/s1. The number of aliphatic hydroxyl groups is 2. The molecule has 4 N–H and O–H groups in total. The van der Waals surface area contributed by atoms with Gasteiger partial charge in [-0.3, -0.25) is 4.79 Å². The van der Waals surface area contributed by atoms with Crippen molar-refractivity contribution in [2.24, 2.45) is 11.3 Å². The molecule has 1 aliphatic rings. The zero-order chi connectivity index (χ0) is 26.5. The van der Waals surface area contributed by atoms with Gasteiger partial charge < -0.3 is 20.6 Å². The van der Waals surface area contributed by atoms with Crippen LogP contribution in [0.5, 0.6) is 0 Å². The lowest BCUT2D eigenvalue weighted by Gasteiger charge is -2.47. The number of carbonyl (C=O) groups is 1. The lowest BCUT2D eigenvalue weighted by atomic mass is 9.62. The van der Waals surface area contributed by atoms with Gasteiger partial charge in [-0.15, -0.1) is 11.3 Å². The van der Waals surface area contributed by atoms with Gasteiger partial charge in [-0.25, -0.2) is 15.0 Å². The number of hydrogen-bond donors (Lipinski definition) is 4. The molecule has 2 aromatic heterocycles. The lowest BCUT2D eigenvalue weighted by Crippen LogP contribution is -2.53. The summed E-state index contributed by atoms with van der Waals surface area (Å²) in [6.07, 6.45) is -3.43. The number of alkyl halides is 3. The van der Waals surface area contributed by atoms with Crippen LogP contribution in [0.4, 0.5) is 24.8 Å². The number of nitrogens with one attached hydrogen (secondary N) is 1. The quantitative estimate of drug-likeness (QED) is 0.378. The van der Waals surface area contributed by atoms with Crippen molar-refractivity contribution in [3.63, 3.8) is 0 Å². The van der Waals surface area contributed by atoms with E-state index in [9.17, 15) is 33.3 Å².